The Kier molecular flexibility index (Phi) is 11.7. The third-order valence-corrected chi connectivity index (χ3v) is 7.60. The molecule has 2 atom stereocenters. The fraction of sp³-hybridized carbons (Fsp3) is 0.485. The number of amides is 2. The molecule has 48 heavy (non-hydrogen) atoms. The number of alkyl halides is 3. The number of aliphatic carboxylic acids is 1. The van der Waals surface area contributed by atoms with Crippen molar-refractivity contribution in [3.63, 3.8) is 0 Å². The topological polar surface area (TPSA) is 135 Å². The van der Waals surface area contributed by atoms with Crippen molar-refractivity contribution in [2.24, 2.45) is 0 Å². The van der Waals surface area contributed by atoms with Crippen LogP contribution < -0.4 is 4.74 Å². The molecule has 2 aliphatic heterocycles. The number of aromatic nitrogens is 2. The third-order valence-electron chi connectivity index (χ3n) is 7.60. The number of hydrogen-bond acceptors (Lipinski definition) is 8. The van der Waals surface area contributed by atoms with E-state index in [4.69, 9.17) is 19.1 Å². The van der Waals surface area contributed by atoms with E-state index in [9.17, 15) is 31.9 Å². The molecule has 3 heterocycles. The van der Waals surface area contributed by atoms with Crippen molar-refractivity contribution in [2.45, 2.75) is 83.2 Å². The summed E-state index contributed by atoms with van der Waals surface area (Å²) in [6.07, 6.45) is -1.01. The lowest BCUT2D eigenvalue weighted by Gasteiger charge is -2.34. The lowest BCUT2D eigenvalue weighted by molar-refractivity contribution is -0.144. The number of benzene rings is 2. The number of ether oxygens (including phenoxy) is 2. The fourth-order valence-corrected chi connectivity index (χ4v) is 5.33. The van der Waals surface area contributed by atoms with Crippen LogP contribution in [0.15, 0.2) is 53.1 Å². The van der Waals surface area contributed by atoms with Crippen molar-refractivity contribution >= 4 is 18.0 Å². The van der Waals surface area contributed by atoms with E-state index in [1.807, 2.05) is 6.07 Å². The molecular formula is C33H38F4N4O7. The number of carboxylic acid groups (broad SMARTS) is 1. The summed E-state index contributed by atoms with van der Waals surface area (Å²) in [5.74, 6) is -2.03. The van der Waals surface area contributed by atoms with Gasteiger partial charge in [0.05, 0.1) is 5.56 Å². The average molecular weight is 679 g/mol. The van der Waals surface area contributed by atoms with Crippen molar-refractivity contribution in [3.05, 3.63) is 65.8 Å². The van der Waals surface area contributed by atoms with E-state index in [1.165, 1.54) is 4.90 Å². The van der Waals surface area contributed by atoms with E-state index >= 15 is 0 Å². The molecule has 260 valence electrons. The molecule has 5 rings (SSSR count). The molecule has 2 fully saturated rings. The molecule has 1 N–H and O–H groups in total. The van der Waals surface area contributed by atoms with Gasteiger partial charge in [0.15, 0.2) is 6.61 Å². The van der Waals surface area contributed by atoms with E-state index < -0.39 is 47.3 Å². The van der Waals surface area contributed by atoms with Crippen LogP contribution in [-0.2, 0) is 20.5 Å². The van der Waals surface area contributed by atoms with Gasteiger partial charge in [-0.2, -0.15) is 18.2 Å². The van der Waals surface area contributed by atoms with Gasteiger partial charge < -0.3 is 24.0 Å². The zero-order chi connectivity index (χ0) is 35.1. The number of rotatable bonds is 6. The van der Waals surface area contributed by atoms with Gasteiger partial charge >= 0.3 is 18.2 Å². The van der Waals surface area contributed by atoms with Crippen molar-refractivity contribution in [2.75, 3.05) is 19.7 Å². The lowest BCUT2D eigenvalue weighted by Crippen LogP contribution is -2.49. The number of para-hydroxylation sites is 1. The number of carbonyl (C=O) groups is 3. The van der Waals surface area contributed by atoms with Crippen LogP contribution in [0.1, 0.15) is 76.8 Å². The Morgan fingerprint density at radius 3 is 2.27 bits per heavy atom. The van der Waals surface area contributed by atoms with Crippen molar-refractivity contribution in [3.8, 4) is 17.1 Å². The normalized spacial score (nSPS) is 18.4. The highest BCUT2D eigenvalue weighted by atomic mass is 19.4. The Hall–Kier alpha value is -4.69. The predicted molar refractivity (Wildman–Crippen MR) is 163 cm³/mol. The van der Waals surface area contributed by atoms with E-state index in [0.717, 1.165) is 31.7 Å². The standard InChI is InChI=1S/C22H19F4N3O3.C11H19NO4/c23-17-10-9-14(12-16(17)22(24,25)26)20-27-21(32-28-20)18-8-4-5-11-29(18)19(30)13-31-15-6-2-1-3-7-15;1-11(2,3)16-10(15)12-7-5-4-6-8(12)9(13)14/h1-3,6-7,9-10,12,18H,4-5,8,11,13H2;8H,4-7H2,1-3H3,(H,13,14)/t18-;8-/m11/s1. The molecule has 0 radical (unpaired) electrons. The minimum atomic E-state index is -4.85. The second kappa shape index (κ2) is 15.5. The van der Waals surface area contributed by atoms with Crippen LogP contribution in [0, 0.1) is 5.82 Å². The van der Waals surface area contributed by atoms with E-state index in [-0.39, 0.29) is 29.8 Å². The van der Waals surface area contributed by atoms with Crippen LogP contribution in [0.5, 0.6) is 5.75 Å². The number of carboxylic acids is 1. The molecule has 2 aliphatic rings. The molecule has 15 heteroatoms. The Labute approximate surface area is 274 Å². The minimum Gasteiger partial charge on any atom is -0.484 e. The Morgan fingerprint density at radius 2 is 1.62 bits per heavy atom. The van der Waals surface area contributed by atoms with Crippen LogP contribution in [0.25, 0.3) is 11.4 Å². The molecule has 0 aliphatic carbocycles. The van der Waals surface area contributed by atoms with E-state index in [1.54, 1.807) is 49.9 Å². The van der Waals surface area contributed by atoms with Gasteiger partial charge in [0.1, 0.15) is 29.3 Å². The Balaban J connectivity index is 0.000000274. The van der Waals surface area contributed by atoms with E-state index in [0.29, 0.717) is 43.8 Å². The Bertz CT molecular complexity index is 1560. The second-order valence-corrected chi connectivity index (χ2v) is 12.4. The second-order valence-electron chi connectivity index (χ2n) is 12.4. The first-order valence-electron chi connectivity index (χ1n) is 15.5. The SMILES string of the molecule is CC(C)(C)OC(=O)N1CCCC[C@@H]1C(=O)O.O=C(COc1ccccc1)N1CCCC[C@@H]1c1nc(-c2ccc(F)c(C(F)(F)F)c2)no1. The molecule has 2 saturated heterocycles. The highest BCUT2D eigenvalue weighted by Gasteiger charge is 2.36. The number of likely N-dealkylation sites (tertiary alicyclic amines) is 2. The third kappa shape index (κ3) is 9.67. The number of carbonyl (C=O) groups excluding carboxylic acids is 2. The highest BCUT2D eigenvalue weighted by molar-refractivity contribution is 5.80. The molecule has 0 bridgehead atoms. The molecule has 0 saturated carbocycles. The molecule has 1 aromatic heterocycles. The summed E-state index contributed by atoms with van der Waals surface area (Å²) in [5.41, 5.74) is -2.03. The summed E-state index contributed by atoms with van der Waals surface area (Å²) in [5, 5.41) is 12.8. The zero-order valence-electron chi connectivity index (χ0n) is 26.8. The summed E-state index contributed by atoms with van der Waals surface area (Å²) in [6, 6.07) is 10.2. The van der Waals surface area contributed by atoms with Crippen molar-refractivity contribution in [1.29, 1.82) is 0 Å². The molecule has 0 spiro atoms. The molecule has 11 nitrogen and oxygen atoms in total. The summed E-state index contributed by atoms with van der Waals surface area (Å²) in [7, 11) is 0. The summed E-state index contributed by atoms with van der Waals surface area (Å²) < 4.78 is 68.6. The van der Waals surface area contributed by atoms with Gasteiger partial charge in [-0.25, -0.2) is 14.0 Å². The van der Waals surface area contributed by atoms with Crippen molar-refractivity contribution < 1.29 is 51.0 Å². The summed E-state index contributed by atoms with van der Waals surface area (Å²) >= 11 is 0. The smallest absolute Gasteiger partial charge is 0.419 e. The monoisotopic (exact) mass is 678 g/mol. The number of hydrogen-bond donors (Lipinski definition) is 1. The molecule has 3 aromatic rings. The molecule has 2 aromatic carbocycles. The lowest BCUT2D eigenvalue weighted by atomic mass is 10.0. The predicted octanol–water partition coefficient (Wildman–Crippen LogP) is 6.89. The zero-order valence-corrected chi connectivity index (χ0v) is 26.8. The maximum absolute atomic E-state index is 13.6. The first kappa shape index (κ1) is 36.2. The van der Waals surface area contributed by atoms with Crippen LogP contribution >= 0.6 is 0 Å². The summed E-state index contributed by atoms with van der Waals surface area (Å²) in [4.78, 5) is 42.6. The quantitative estimate of drug-likeness (QED) is 0.277. The van der Waals surface area contributed by atoms with Gasteiger partial charge in [0.2, 0.25) is 11.7 Å². The average Bonchev–Trinajstić information content (AvgIpc) is 3.53. The maximum Gasteiger partial charge on any atom is 0.419 e. The van der Waals surface area contributed by atoms with Gasteiger partial charge in [0.25, 0.3) is 5.91 Å². The number of halogens is 4. The number of nitrogens with zero attached hydrogens (tertiary/aromatic N) is 4. The van der Waals surface area contributed by atoms with Crippen LogP contribution in [0.3, 0.4) is 0 Å². The minimum absolute atomic E-state index is 0.0326. The molecular weight excluding hydrogens is 640 g/mol. The maximum atomic E-state index is 13.6. The van der Waals surface area contributed by atoms with Gasteiger partial charge in [-0.05, 0) is 89.6 Å². The van der Waals surface area contributed by atoms with Crippen LogP contribution in [0.4, 0.5) is 22.4 Å². The first-order valence-corrected chi connectivity index (χ1v) is 15.5. The van der Waals surface area contributed by atoms with Gasteiger partial charge in [-0.3, -0.25) is 9.69 Å². The fourth-order valence-electron chi connectivity index (χ4n) is 5.33. The van der Waals surface area contributed by atoms with E-state index in [2.05, 4.69) is 10.1 Å². The van der Waals surface area contributed by atoms with Gasteiger partial charge in [-0.1, -0.05) is 23.4 Å². The molecule has 0 unspecified atom stereocenters. The highest BCUT2D eigenvalue weighted by Crippen LogP contribution is 2.35. The summed E-state index contributed by atoms with van der Waals surface area (Å²) in [6.45, 7) is 6.06. The molecule has 2 amide bonds. The Morgan fingerprint density at radius 1 is 0.958 bits per heavy atom. The van der Waals surface area contributed by atoms with Gasteiger partial charge in [0, 0.05) is 18.7 Å². The largest absolute Gasteiger partial charge is 0.484 e. The number of piperidine rings is 2. The van der Waals surface area contributed by atoms with Crippen molar-refractivity contribution in [1.82, 2.24) is 19.9 Å². The van der Waals surface area contributed by atoms with Crippen LogP contribution in [0.2, 0.25) is 0 Å². The van der Waals surface area contributed by atoms with Gasteiger partial charge in [-0.15, -0.1) is 0 Å². The first-order chi connectivity index (χ1) is 22.6. The van der Waals surface area contributed by atoms with Crippen LogP contribution in [-0.4, -0.2) is 74.4 Å².